The van der Waals surface area contributed by atoms with E-state index in [1.165, 1.54) is 18.6 Å². The largest absolute Gasteiger partial charge is 0.492 e. The van der Waals surface area contributed by atoms with Crippen LogP contribution in [0.3, 0.4) is 0 Å². The van der Waals surface area contributed by atoms with Crippen molar-refractivity contribution >= 4 is 29.5 Å². The number of nitrogens with zero attached hydrogens (tertiary/aromatic N) is 5. The Morgan fingerprint density at radius 3 is 2.40 bits per heavy atom. The molecule has 2 aromatic carbocycles. The summed E-state index contributed by atoms with van der Waals surface area (Å²) in [7, 11) is 1.91. The summed E-state index contributed by atoms with van der Waals surface area (Å²) in [6.07, 6.45) is 2.27. The van der Waals surface area contributed by atoms with Gasteiger partial charge in [0.1, 0.15) is 18.2 Å². The van der Waals surface area contributed by atoms with Gasteiger partial charge in [-0.25, -0.2) is 4.39 Å². The highest BCUT2D eigenvalue weighted by molar-refractivity contribution is 5.70. The molecule has 1 aromatic heterocycles. The van der Waals surface area contributed by atoms with Crippen molar-refractivity contribution in [3.8, 4) is 5.75 Å². The first-order valence-corrected chi connectivity index (χ1v) is 13.9. The molecule has 1 fully saturated rings. The minimum atomic E-state index is -0.771. The molecule has 0 saturated carbocycles. The Hall–Kier alpha value is -3.95. The van der Waals surface area contributed by atoms with Crippen LogP contribution in [0, 0.1) is 23.6 Å². The number of aliphatic carboxylic acids is 1. The number of halogens is 1. The quantitative estimate of drug-likeness (QED) is 0.307. The molecule has 2 heterocycles. The van der Waals surface area contributed by atoms with Gasteiger partial charge in [0.15, 0.2) is 0 Å². The number of rotatable bonds is 12. The first kappa shape index (κ1) is 29.0. The number of benzene rings is 2. The third-order valence-corrected chi connectivity index (χ3v) is 7.15. The molecule has 3 atom stereocenters. The maximum absolute atomic E-state index is 13.4. The van der Waals surface area contributed by atoms with Gasteiger partial charge in [-0.3, -0.25) is 4.79 Å². The SMILES string of the molecule is CCC(Cc1ccc(OCCN(C)c2nc(Nc3ccc(F)cc3)nc(N3CC(C)CC(C)C3)n2)cc1)C(=O)O. The van der Waals surface area contributed by atoms with Crippen LogP contribution in [0.25, 0.3) is 0 Å². The number of carbonyl (C=O) groups is 1. The maximum Gasteiger partial charge on any atom is 0.306 e. The molecule has 3 unspecified atom stereocenters. The summed E-state index contributed by atoms with van der Waals surface area (Å²) in [4.78, 5) is 29.6. The minimum Gasteiger partial charge on any atom is -0.492 e. The van der Waals surface area contributed by atoms with E-state index in [4.69, 9.17) is 14.7 Å². The average Bonchev–Trinajstić information content (AvgIpc) is 2.93. The predicted molar refractivity (Wildman–Crippen MR) is 155 cm³/mol. The molecule has 9 nitrogen and oxygen atoms in total. The van der Waals surface area contributed by atoms with Crippen LogP contribution in [0.5, 0.6) is 5.75 Å². The lowest BCUT2D eigenvalue weighted by Gasteiger charge is -2.35. The van der Waals surface area contributed by atoms with Crippen LogP contribution < -0.4 is 19.9 Å². The first-order chi connectivity index (χ1) is 19.2. The topological polar surface area (TPSA) is 104 Å². The third-order valence-electron chi connectivity index (χ3n) is 7.15. The van der Waals surface area contributed by atoms with E-state index in [9.17, 15) is 14.3 Å². The van der Waals surface area contributed by atoms with Crippen molar-refractivity contribution in [3.63, 3.8) is 0 Å². The molecule has 0 radical (unpaired) electrons. The van der Waals surface area contributed by atoms with Gasteiger partial charge in [0, 0.05) is 25.8 Å². The van der Waals surface area contributed by atoms with Crippen LogP contribution in [0.4, 0.5) is 27.9 Å². The molecular weight excluding hydrogens is 511 g/mol. The second-order valence-corrected chi connectivity index (χ2v) is 10.8. The van der Waals surface area contributed by atoms with E-state index in [2.05, 4.69) is 29.0 Å². The summed E-state index contributed by atoms with van der Waals surface area (Å²) < 4.78 is 19.4. The number of hydrogen-bond acceptors (Lipinski definition) is 8. The molecule has 1 aliphatic rings. The zero-order valence-corrected chi connectivity index (χ0v) is 23.7. The van der Waals surface area contributed by atoms with Crippen LogP contribution in [-0.4, -0.2) is 59.3 Å². The molecular formula is C30H39FN6O3. The summed E-state index contributed by atoms with van der Waals surface area (Å²) in [6.45, 7) is 9.06. The molecule has 0 spiro atoms. The van der Waals surface area contributed by atoms with Crippen molar-refractivity contribution < 1.29 is 19.0 Å². The summed E-state index contributed by atoms with van der Waals surface area (Å²) >= 11 is 0. The Kier molecular flexibility index (Phi) is 9.74. The molecule has 2 N–H and O–H groups in total. The Balaban J connectivity index is 1.43. The Labute approximate surface area is 235 Å². The first-order valence-electron chi connectivity index (χ1n) is 13.9. The van der Waals surface area contributed by atoms with Gasteiger partial charge in [0.2, 0.25) is 17.8 Å². The molecule has 1 aliphatic heterocycles. The average molecular weight is 551 g/mol. The molecule has 10 heteroatoms. The van der Waals surface area contributed by atoms with Crippen molar-refractivity contribution in [2.24, 2.45) is 17.8 Å². The second kappa shape index (κ2) is 13.4. The summed E-state index contributed by atoms with van der Waals surface area (Å²) in [6, 6.07) is 13.6. The van der Waals surface area contributed by atoms with E-state index in [-0.39, 0.29) is 11.7 Å². The lowest BCUT2D eigenvalue weighted by molar-refractivity contribution is -0.141. The highest BCUT2D eigenvalue weighted by atomic mass is 19.1. The fourth-order valence-electron chi connectivity index (χ4n) is 5.02. The molecule has 0 aliphatic carbocycles. The fraction of sp³-hybridized carbons (Fsp3) is 0.467. The van der Waals surface area contributed by atoms with Gasteiger partial charge in [-0.15, -0.1) is 0 Å². The standard InChI is InChI=1S/C30H39FN6O3/c1-5-23(27(38)39)17-22-6-12-26(13-7-22)40-15-14-36(4)29-33-28(32-25-10-8-24(31)9-11-25)34-30(35-29)37-18-20(2)16-21(3)19-37/h6-13,20-21,23H,5,14-19H2,1-4H3,(H,38,39)(H,32,33,34,35). The monoisotopic (exact) mass is 550 g/mol. The zero-order chi connectivity index (χ0) is 28.6. The van der Waals surface area contributed by atoms with E-state index in [0.29, 0.717) is 67.1 Å². The van der Waals surface area contributed by atoms with E-state index < -0.39 is 5.97 Å². The molecule has 3 aromatic rings. The Bertz CT molecular complexity index is 1250. The van der Waals surface area contributed by atoms with Gasteiger partial charge in [0.05, 0.1) is 12.5 Å². The highest BCUT2D eigenvalue weighted by Crippen LogP contribution is 2.26. The van der Waals surface area contributed by atoms with Crippen LogP contribution in [-0.2, 0) is 11.2 Å². The smallest absolute Gasteiger partial charge is 0.306 e. The summed E-state index contributed by atoms with van der Waals surface area (Å²) in [5.41, 5.74) is 1.66. The number of nitrogens with one attached hydrogen (secondary N) is 1. The number of piperidine rings is 1. The number of carboxylic acid groups (broad SMARTS) is 1. The van der Waals surface area contributed by atoms with Crippen molar-refractivity contribution in [3.05, 3.63) is 59.9 Å². The zero-order valence-electron chi connectivity index (χ0n) is 23.7. The van der Waals surface area contributed by atoms with Crippen LogP contribution in [0.15, 0.2) is 48.5 Å². The van der Waals surface area contributed by atoms with E-state index in [0.717, 1.165) is 18.7 Å². The van der Waals surface area contributed by atoms with E-state index >= 15 is 0 Å². The number of hydrogen-bond donors (Lipinski definition) is 2. The maximum atomic E-state index is 13.4. The molecule has 40 heavy (non-hydrogen) atoms. The van der Waals surface area contributed by atoms with E-state index in [1.807, 2.05) is 43.1 Å². The molecule has 0 bridgehead atoms. The number of aromatic nitrogens is 3. The Morgan fingerprint density at radius 2 is 1.77 bits per heavy atom. The third kappa shape index (κ3) is 8.03. The predicted octanol–water partition coefficient (Wildman–Crippen LogP) is 5.41. The summed E-state index contributed by atoms with van der Waals surface area (Å²) in [5.74, 6) is 1.84. The van der Waals surface area contributed by atoms with E-state index in [1.54, 1.807) is 12.1 Å². The van der Waals surface area contributed by atoms with Crippen LogP contribution >= 0.6 is 0 Å². The summed E-state index contributed by atoms with van der Waals surface area (Å²) in [5, 5.41) is 12.5. The lowest BCUT2D eigenvalue weighted by atomic mass is 9.92. The van der Waals surface area contributed by atoms with Crippen LogP contribution in [0.2, 0.25) is 0 Å². The van der Waals surface area contributed by atoms with Crippen LogP contribution in [0.1, 0.15) is 39.2 Å². The second-order valence-electron chi connectivity index (χ2n) is 10.8. The highest BCUT2D eigenvalue weighted by Gasteiger charge is 2.25. The number of likely N-dealkylation sites (N-methyl/N-ethyl adjacent to an activating group) is 1. The molecule has 0 amide bonds. The van der Waals surface area contributed by atoms with Crippen molar-refractivity contribution in [2.75, 3.05) is 48.4 Å². The Morgan fingerprint density at radius 1 is 1.10 bits per heavy atom. The number of ether oxygens (including phenoxy) is 1. The van der Waals surface area contributed by atoms with Gasteiger partial charge < -0.3 is 25.0 Å². The number of carboxylic acids is 1. The lowest BCUT2D eigenvalue weighted by Crippen LogP contribution is -2.40. The molecule has 4 rings (SSSR count). The van der Waals surface area contributed by atoms with Gasteiger partial charge in [-0.05, 0) is 73.1 Å². The van der Waals surface area contributed by atoms with Crippen molar-refractivity contribution in [1.29, 1.82) is 0 Å². The normalized spacial score (nSPS) is 17.8. The van der Waals surface area contributed by atoms with Gasteiger partial charge in [-0.2, -0.15) is 15.0 Å². The van der Waals surface area contributed by atoms with Crippen molar-refractivity contribution in [2.45, 2.75) is 40.0 Å². The van der Waals surface area contributed by atoms with Gasteiger partial charge in [0.25, 0.3) is 0 Å². The molecule has 1 saturated heterocycles. The molecule has 214 valence electrons. The fourth-order valence-corrected chi connectivity index (χ4v) is 5.02. The van der Waals surface area contributed by atoms with Gasteiger partial charge in [-0.1, -0.05) is 32.9 Å². The van der Waals surface area contributed by atoms with Crippen molar-refractivity contribution in [1.82, 2.24) is 15.0 Å². The van der Waals surface area contributed by atoms with Gasteiger partial charge >= 0.3 is 5.97 Å². The number of anilines is 4. The minimum absolute atomic E-state index is 0.307.